The minimum Gasteiger partial charge on any atom is -0.492 e. The van der Waals surface area contributed by atoms with E-state index in [1.807, 2.05) is 38.2 Å². The van der Waals surface area contributed by atoms with Gasteiger partial charge in [-0.15, -0.1) is 0 Å². The molecular weight excluding hydrogens is 392 g/mol. The lowest BCUT2D eigenvalue weighted by atomic mass is 10.1. The van der Waals surface area contributed by atoms with E-state index in [1.165, 1.54) is 11.1 Å². The second kappa shape index (κ2) is 12.1. The summed E-state index contributed by atoms with van der Waals surface area (Å²) in [6.07, 6.45) is -0.548. The molecule has 1 saturated heterocycles. The van der Waals surface area contributed by atoms with Gasteiger partial charge in [-0.2, -0.15) is 0 Å². The fraction of sp³-hybridized carbons (Fsp3) is 0.520. The van der Waals surface area contributed by atoms with Crippen LogP contribution in [0.5, 0.6) is 11.5 Å². The number of rotatable bonds is 11. The van der Waals surface area contributed by atoms with E-state index in [0.717, 1.165) is 56.5 Å². The molecule has 3 rings (SSSR count). The Labute approximate surface area is 186 Å². The van der Waals surface area contributed by atoms with Crippen molar-refractivity contribution in [3.63, 3.8) is 0 Å². The number of aliphatic hydroxyl groups excluding tert-OH is 1. The molecule has 1 aliphatic rings. The molecule has 1 fully saturated rings. The summed E-state index contributed by atoms with van der Waals surface area (Å²) in [5.41, 5.74) is 3.48. The molecule has 0 amide bonds. The topological polar surface area (TPSA) is 54.4 Å². The van der Waals surface area contributed by atoms with Crippen LogP contribution < -0.4 is 9.47 Å². The van der Waals surface area contributed by atoms with E-state index in [0.29, 0.717) is 13.2 Å². The van der Waals surface area contributed by atoms with Crippen molar-refractivity contribution in [2.24, 2.45) is 0 Å². The number of nitrogens with zero attached hydrogens (tertiary/aromatic N) is 2. The quantitative estimate of drug-likeness (QED) is 0.594. The highest BCUT2D eigenvalue weighted by molar-refractivity contribution is 5.35. The van der Waals surface area contributed by atoms with Gasteiger partial charge in [0, 0.05) is 32.7 Å². The van der Waals surface area contributed by atoms with Crippen LogP contribution in [0, 0.1) is 13.8 Å². The predicted octanol–water partition coefficient (Wildman–Crippen LogP) is 2.89. The lowest BCUT2D eigenvalue weighted by Crippen LogP contribution is -2.38. The molecule has 1 atom stereocenters. The summed E-state index contributed by atoms with van der Waals surface area (Å²) in [7, 11) is 2.01. The molecule has 2 aromatic rings. The van der Waals surface area contributed by atoms with E-state index >= 15 is 0 Å². The first-order valence-corrected chi connectivity index (χ1v) is 11.1. The van der Waals surface area contributed by atoms with Gasteiger partial charge in [0.25, 0.3) is 0 Å². The molecule has 1 N–H and O–H groups in total. The van der Waals surface area contributed by atoms with Crippen molar-refractivity contribution in [2.45, 2.75) is 26.5 Å². The molecule has 31 heavy (non-hydrogen) atoms. The Morgan fingerprint density at radius 3 is 2.52 bits per heavy atom. The van der Waals surface area contributed by atoms with Gasteiger partial charge in [0.1, 0.15) is 30.8 Å². The Kier molecular flexibility index (Phi) is 9.15. The zero-order chi connectivity index (χ0) is 22.1. The number of aliphatic hydroxyl groups is 1. The molecule has 1 heterocycles. The van der Waals surface area contributed by atoms with E-state index in [9.17, 15) is 5.11 Å². The van der Waals surface area contributed by atoms with Gasteiger partial charge in [-0.25, -0.2) is 0 Å². The first-order valence-electron chi connectivity index (χ1n) is 11.1. The van der Waals surface area contributed by atoms with Gasteiger partial charge in [0.05, 0.1) is 13.2 Å². The number of likely N-dealkylation sites (N-methyl/N-ethyl adjacent to an activating group) is 1. The number of morpholine rings is 1. The van der Waals surface area contributed by atoms with Gasteiger partial charge in [0.15, 0.2) is 0 Å². The third-order valence-electron chi connectivity index (χ3n) is 5.44. The monoisotopic (exact) mass is 428 g/mol. The molecule has 6 nitrogen and oxygen atoms in total. The molecule has 0 saturated carbocycles. The highest BCUT2D eigenvalue weighted by atomic mass is 16.5. The van der Waals surface area contributed by atoms with Crippen LogP contribution in [0.3, 0.4) is 0 Å². The average Bonchev–Trinajstić information content (AvgIpc) is 2.75. The van der Waals surface area contributed by atoms with Gasteiger partial charge in [0.2, 0.25) is 0 Å². The van der Waals surface area contributed by atoms with E-state index in [4.69, 9.17) is 14.2 Å². The fourth-order valence-corrected chi connectivity index (χ4v) is 3.74. The summed E-state index contributed by atoms with van der Waals surface area (Å²) in [4.78, 5) is 4.46. The van der Waals surface area contributed by atoms with Crippen molar-refractivity contribution in [3.8, 4) is 11.5 Å². The summed E-state index contributed by atoms with van der Waals surface area (Å²) in [5.74, 6) is 1.72. The zero-order valence-electron chi connectivity index (χ0n) is 19.0. The van der Waals surface area contributed by atoms with Gasteiger partial charge < -0.3 is 19.3 Å². The molecule has 0 bridgehead atoms. The average molecular weight is 429 g/mol. The normalized spacial score (nSPS) is 15.8. The fourth-order valence-electron chi connectivity index (χ4n) is 3.74. The molecule has 0 radical (unpaired) electrons. The van der Waals surface area contributed by atoms with Gasteiger partial charge >= 0.3 is 0 Å². The van der Waals surface area contributed by atoms with Crippen LogP contribution in [-0.2, 0) is 11.3 Å². The molecule has 2 aromatic carbocycles. The van der Waals surface area contributed by atoms with Gasteiger partial charge in [-0.1, -0.05) is 29.8 Å². The summed E-state index contributed by atoms with van der Waals surface area (Å²) < 4.78 is 17.0. The largest absolute Gasteiger partial charge is 0.492 e. The van der Waals surface area contributed by atoms with E-state index in [1.54, 1.807) is 0 Å². The number of hydrogen-bond acceptors (Lipinski definition) is 6. The van der Waals surface area contributed by atoms with E-state index in [-0.39, 0.29) is 6.61 Å². The second-order valence-electron chi connectivity index (χ2n) is 8.38. The Hall–Kier alpha value is -2.12. The number of ether oxygens (including phenoxy) is 3. The van der Waals surface area contributed by atoms with E-state index < -0.39 is 6.10 Å². The van der Waals surface area contributed by atoms with Crippen molar-refractivity contribution in [1.29, 1.82) is 0 Å². The molecule has 0 aliphatic carbocycles. The second-order valence-corrected chi connectivity index (χ2v) is 8.38. The van der Waals surface area contributed by atoms with Crippen LogP contribution in [0.25, 0.3) is 0 Å². The van der Waals surface area contributed by atoms with Crippen molar-refractivity contribution >= 4 is 0 Å². The number of aryl methyl sites for hydroxylation is 2. The summed E-state index contributed by atoms with van der Waals surface area (Å²) >= 11 is 0. The Balaban J connectivity index is 1.35. The third-order valence-corrected chi connectivity index (χ3v) is 5.44. The smallest absolute Gasteiger partial charge is 0.122 e. The van der Waals surface area contributed by atoms with Crippen LogP contribution in [0.1, 0.15) is 16.7 Å². The number of hydrogen-bond donors (Lipinski definition) is 1. The standard InChI is InChI=1S/C25H36N2O4/c1-20-4-9-25(21(2)16-20)31-19-23(28)18-26(3)17-22-5-7-24(8-6-22)30-15-12-27-10-13-29-14-11-27/h4-9,16,23,28H,10-15,17-19H2,1-3H3/t23-/m1/s1. The summed E-state index contributed by atoms with van der Waals surface area (Å²) in [6, 6.07) is 14.3. The van der Waals surface area contributed by atoms with Crippen molar-refractivity contribution in [3.05, 3.63) is 59.2 Å². The van der Waals surface area contributed by atoms with Crippen LogP contribution >= 0.6 is 0 Å². The van der Waals surface area contributed by atoms with Crippen LogP contribution in [0.2, 0.25) is 0 Å². The SMILES string of the molecule is Cc1ccc(OC[C@H](O)CN(C)Cc2ccc(OCCN3CCOCC3)cc2)c(C)c1. The lowest BCUT2D eigenvalue weighted by molar-refractivity contribution is 0.0322. The van der Waals surface area contributed by atoms with Crippen molar-refractivity contribution < 1.29 is 19.3 Å². The van der Waals surface area contributed by atoms with Crippen LogP contribution in [0.4, 0.5) is 0 Å². The third kappa shape index (κ3) is 8.15. The van der Waals surface area contributed by atoms with E-state index in [2.05, 4.69) is 34.9 Å². The molecule has 0 aromatic heterocycles. The van der Waals surface area contributed by atoms with Crippen LogP contribution in [-0.4, -0.2) is 80.7 Å². The van der Waals surface area contributed by atoms with Crippen molar-refractivity contribution in [2.75, 3.05) is 59.7 Å². The van der Waals surface area contributed by atoms with Gasteiger partial charge in [-0.3, -0.25) is 9.80 Å². The number of benzene rings is 2. The molecular formula is C25H36N2O4. The summed E-state index contributed by atoms with van der Waals surface area (Å²) in [6.45, 7) is 10.9. The molecule has 0 unspecified atom stereocenters. The maximum absolute atomic E-state index is 10.4. The first kappa shape index (κ1) is 23.5. The Morgan fingerprint density at radius 1 is 1.06 bits per heavy atom. The Morgan fingerprint density at radius 2 is 1.81 bits per heavy atom. The molecule has 0 spiro atoms. The minimum atomic E-state index is -0.548. The zero-order valence-corrected chi connectivity index (χ0v) is 19.0. The summed E-state index contributed by atoms with van der Waals surface area (Å²) in [5, 5.41) is 10.4. The Bertz CT molecular complexity index is 791. The highest BCUT2D eigenvalue weighted by Crippen LogP contribution is 2.19. The molecule has 1 aliphatic heterocycles. The maximum Gasteiger partial charge on any atom is 0.122 e. The van der Waals surface area contributed by atoms with Crippen molar-refractivity contribution in [1.82, 2.24) is 9.80 Å². The lowest BCUT2D eigenvalue weighted by Gasteiger charge is -2.26. The van der Waals surface area contributed by atoms with Crippen LogP contribution in [0.15, 0.2) is 42.5 Å². The molecule has 6 heteroatoms. The van der Waals surface area contributed by atoms with Gasteiger partial charge in [-0.05, 0) is 50.2 Å². The molecule has 170 valence electrons. The predicted molar refractivity (Wildman–Crippen MR) is 123 cm³/mol. The highest BCUT2D eigenvalue weighted by Gasteiger charge is 2.12. The maximum atomic E-state index is 10.4. The first-order chi connectivity index (χ1) is 15.0. The minimum absolute atomic E-state index is 0.282.